The standard InChI is InChI=1S/C13H14F3NO/c1-7-4-11-12(17-6-7)9-3-2-8(13(14,15)16)5-10(9)18-11/h2-3,5,7,11-12,17H,4,6H2,1H3/t7-,11+,12+/m1/s1. The fraction of sp³-hybridized carbons (Fsp3) is 0.538. The summed E-state index contributed by atoms with van der Waals surface area (Å²) in [5.41, 5.74) is 0.202. The highest BCUT2D eigenvalue weighted by atomic mass is 19.4. The van der Waals surface area contributed by atoms with Gasteiger partial charge in [0.25, 0.3) is 0 Å². The van der Waals surface area contributed by atoms with Crippen LogP contribution in [0.15, 0.2) is 18.2 Å². The first-order chi connectivity index (χ1) is 8.45. The van der Waals surface area contributed by atoms with Gasteiger partial charge in [0.1, 0.15) is 11.9 Å². The topological polar surface area (TPSA) is 21.3 Å². The normalized spacial score (nSPS) is 30.6. The monoisotopic (exact) mass is 257 g/mol. The Labute approximate surface area is 103 Å². The number of benzene rings is 1. The van der Waals surface area contributed by atoms with Gasteiger partial charge in [-0.1, -0.05) is 13.0 Å². The third kappa shape index (κ3) is 1.86. The van der Waals surface area contributed by atoms with E-state index in [1.54, 1.807) is 0 Å². The second-order valence-corrected chi connectivity index (χ2v) is 5.13. The van der Waals surface area contributed by atoms with Crippen molar-refractivity contribution < 1.29 is 17.9 Å². The molecule has 98 valence electrons. The maximum absolute atomic E-state index is 12.6. The quantitative estimate of drug-likeness (QED) is 0.771. The molecule has 0 bridgehead atoms. The van der Waals surface area contributed by atoms with Gasteiger partial charge >= 0.3 is 6.18 Å². The first kappa shape index (κ1) is 11.8. The average Bonchev–Trinajstić information content (AvgIpc) is 2.63. The summed E-state index contributed by atoms with van der Waals surface area (Å²) in [5.74, 6) is 0.865. The van der Waals surface area contributed by atoms with Gasteiger partial charge in [0.2, 0.25) is 0 Å². The molecule has 3 atom stereocenters. The molecule has 0 aromatic heterocycles. The fourth-order valence-corrected chi connectivity index (χ4v) is 2.73. The minimum atomic E-state index is -4.31. The highest BCUT2D eigenvalue weighted by Gasteiger charge is 2.40. The maximum atomic E-state index is 12.6. The molecule has 2 aliphatic rings. The molecule has 5 heteroatoms. The van der Waals surface area contributed by atoms with Crippen molar-refractivity contribution in [2.24, 2.45) is 5.92 Å². The summed E-state index contributed by atoms with van der Waals surface area (Å²) >= 11 is 0. The number of piperidine rings is 1. The number of nitrogens with one attached hydrogen (secondary N) is 1. The number of halogens is 3. The number of fused-ring (bicyclic) bond motifs is 3. The van der Waals surface area contributed by atoms with Crippen LogP contribution >= 0.6 is 0 Å². The van der Waals surface area contributed by atoms with E-state index in [1.165, 1.54) is 6.07 Å². The van der Waals surface area contributed by atoms with Gasteiger partial charge in [-0.15, -0.1) is 0 Å². The van der Waals surface area contributed by atoms with Crippen LogP contribution in [0.1, 0.15) is 30.5 Å². The molecule has 1 fully saturated rings. The lowest BCUT2D eigenvalue weighted by molar-refractivity contribution is -0.137. The van der Waals surface area contributed by atoms with Crippen LogP contribution in [0.2, 0.25) is 0 Å². The van der Waals surface area contributed by atoms with E-state index < -0.39 is 11.7 Å². The van der Waals surface area contributed by atoms with Crippen LogP contribution in [0, 0.1) is 5.92 Å². The molecule has 2 aliphatic heterocycles. The van der Waals surface area contributed by atoms with Crippen molar-refractivity contribution in [2.75, 3.05) is 6.54 Å². The van der Waals surface area contributed by atoms with E-state index in [4.69, 9.17) is 4.74 Å². The molecule has 1 aromatic carbocycles. The Balaban J connectivity index is 1.93. The second kappa shape index (κ2) is 3.88. The summed E-state index contributed by atoms with van der Waals surface area (Å²) in [6, 6.07) is 3.81. The molecule has 2 nitrogen and oxygen atoms in total. The summed E-state index contributed by atoms with van der Waals surface area (Å²) in [7, 11) is 0. The predicted octanol–water partition coefficient (Wildman–Crippen LogP) is 3.14. The van der Waals surface area contributed by atoms with E-state index >= 15 is 0 Å². The van der Waals surface area contributed by atoms with Crippen molar-refractivity contribution in [3.05, 3.63) is 29.3 Å². The minimum absolute atomic E-state index is 0.0350. The number of ether oxygens (including phenoxy) is 1. The van der Waals surface area contributed by atoms with Crippen molar-refractivity contribution in [1.82, 2.24) is 5.32 Å². The summed E-state index contributed by atoms with van der Waals surface area (Å²) in [5, 5.41) is 3.34. The average molecular weight is 257 g/mol. The van der Waals surface area contributed by atoms with Gasteiger partial charge in [-0.25, -0.2) is 0 Å². The molecule has 2 heterocycles. The van der Waals surface area contributed by atoms with Crippen LogP contribution < -0.4 is 10.1 Å². The molecule has 0 saturated carbocycles. The zero-order chi connectivity index (χ0) is 12.9. The minimum Gasteiger partial charge on any atom is -0.488 e. The van der Waals surface area contributed by atoms with E-state index in [1.807, 2.05) is 0 Å². The number of hydrogen-bond donors (Lipinski definition) is 1. The molecule has 1 saturated heterocycles. The Morgan fingerprint density at radius 3 is 2.83 bits per heavy atom. The Hall–Kier alpha value is -1.23. The molecular formula is C13H14F3NO. The third-order valence-electron chi connectivity index (χ3n) is 3.65. The molecule has 18 heavy (non-hydrogen) atoms. The molecule has 0 radical (unpaired) electrons. The maximum Gasteiger partial charge on any atom is 0.416 e. The van der Waals surface area contributed by atoms with Gasteiger partial charge < -0.3 is 10.1 Å². The second-order valence-electron chi connectivity index (χ2n) is 5.13. The van der Waals surface area contributed by atoms with E-state index in [2.05, 4.69) is 12.2 Å². The van der Waals surface area contributed by atoms with Crippen molar-refractivity contribution >= 4 is 0 Å². The smallest absolute Gasteiger partial charge is 0.416 e. The molecule has 1 aromatic rings. The van der Waals surface area contributed by atoms with Gasteiger partial charge in [-0.2, -0.15) is 13.2 Å². The van der Waals surface area contributed by atoms with Crippen LogP contribution in [-0.4, -0.2) is 12.6 Å². The Morgan fingerprint density at radius 2 is 2.11 bits per heavy atom. The zero-order valence-corrected chi connectivity index (χ0v) is 9.92. The summed E-state index contributed by atoms with van der Waals surface area (Å²) < 4.78 is 43.5. The van der Waals surface area contributed by atoms with Gasteiger partial charge in [0.05, 0.1) is 11.6 Å². The lowest BCUT2D eigenvalue weighted by Crippen LogP contribution is -2.41. The lowest BCUT2D eigenvalue weighted by Gasteiger charge is -2.29. The number of hydrogen-bond acceptors (Lipinski definition) is 2. The molecule has 1 N–H and O–H groups in total. The highest BCUT2D eigenvalue weighted by Crippen LogP contribution is 2.43. The van der Waals surface area contributed by atoms with Crippen molar-refractivity contribution in [2.45, 2.75) is 31.7 Å². The Bertz CT molecular complexity index is 472. The summed E-state index contributed by atoms with van der Waals surface area (Å²) in [4.78, 5) is 0. The molecule has 0 amide bonds. The molecule has 0 spiro atoms. The first-order valence-electron chi connectivity index (χ1n) is 6.06. The lowest BCUT2D eigenvalue weighted by atomic mass is 9.91. The van der Waals surface area contributed by atoms with Gasteiger partial charge in [-0.3, -0.25) is 0 Å². The Morgan fingerprint density at radius 1 is 1.33 bits per heavy atom. The fourth-order valence-electron chi connectivity index (χ4n) is 2.73. The largest absolute Gasteiger partial charge is 0.488 e. The molecular weight excluding hydrogens is 243 g/mol. The van der Waals surface area contributed by atoms with Crippen LogP contribution in [0.25, 0.3) is 0 Å². The summed E-state index contributed by atoms with van der Waals surface area (Å²) in [6.45, 7) is 2.99. The van der Waals surface area contributed by atoms with E-state index in [-0.39, 0.29) is 12.1 Å². The third-order valence-corrected chi connectivity index (χ3v) is 3.65. The van der Waals surface area contributed by atoms with Gasteiger partial charge in [0.15, 0.2) is 0 Å². The van der Waals surface area contributed by atoms with Crippen LogP contribution in [0.4, 0.5) is 13.2 Å². The van der Waals surface area contributed by atoms with E-state index in [9.17, 15) is 13.2 Å². The highest BCUT2D eigenvalue weighted by molar-refractivity contribution is 5.44. The predicted molar refractivity (Wildman–Crippen MR) is 60.4 cm³/mol. The van der Waals surface area contributed by atoms with Gasteiger partial charge in [-0.05, 0) is 31.0 Å². The van der Waals surface area contributed by atoms with E-state index in [0.717, 1.165) is 30.7 Å². The van der Waals surface area contributed by atoms with Crippen molar-refractivity contribution in [3.63, 3.8) is 0 Å². The zero-order valence-electron chi connectivity index (χ0n) is 9.92. The number of alkyl halides is 3. The molecule has 3 rings (SSSR count). The van der Waals surface area contributed by atoms with E-state index in [0.29, 0.717) is 11.7 Å². The first-order valence-corrected chi connectivity index (χ1v) is 6.06. The summed E-state index contributed by atoms with van der Waals surface area (Å²) in [6.07, 6.45) is -3.46. The van der Waals surface area contributed by atoms with Gasteiger partial charge in [0, 0.05) is 5.56 Å². The Kier molecular flexibility index (Phi) is 2.55. The van der Waals surface area contributed by atoms with Crippen LogP contribution in [0.5, 0.6) is 5.75 Å². The SMILES string of the molecule is C[C@H]1CN[C@H]2c3ccc(C(F)(F)F)cc3O[C@H]2C1. The van der Waals surface area contributed by atoms with Crippen molar-refractivity contribution in [1.29, 1.82) is 0 Å². The van der Waals surface area contributed by atoms with Crippen molar-refractivity contribution in [3.8, 4) is 5.75 Å². The molecule has 0 unspecified atom stereocenters. The van der Waals surface area contributed by atoms with Crippen LogP contribution in [-0.2, 0) is 6.18 Å². The molecule has 0 aliphatic carbocycles. The number of rotatable bonds is 0. The van der Waals surface area contributed by atoms with Crippen LogP contribution in [0.3, 0.4) is 0 Å².